The van der Waals surface area contributed by atoms with Crippen LogP contribution in [0.4, 0.5) is 5.69 Å². The molecule has 0 fully saturated rings. The van der Waals surface area contributed by atoms with E-state index in [0.717, 1.165) is 41.8 Å². The summed E-state index contributed by atoms with van der Waals surface area (Å²) in [6.07, 6.45) is 2.98. The molecule has 3 aromatic rings. The molecule has 0 aliphatic carbocycles. The lowest BCUT2D eigenvalue weighted by Gasteiger charge is -2.20. The van der Waals surface area contributed by atoms with Gasteiger partial charge >= 0.3 is 11.9 Å². The van der Waals surface area contributed by atoms with Crippen LogP contribution in [0.1, 0.15) is 97.1 Å². The highest BCUT2D eigenvalue weighted by Crippen LogP contribution is 2.33. The van der Waals surface area contributed by atoms with Gasteiger partial charge in [-0.25, -0.2) is 14.6 Å². The molecule has 0 saturated heterocycles. The highest BCUT2D eigenvalue weighted by atomic mass is 32.2. The summed E-state index contributed by atoms with van der Waals surface area (Å²) in [5.74, 6) is 0.0590. The molecule has 0 aliphatic rings. The number of nitrogens with one attached hydrogen (secondary N) is 1. The molecule has 9 heteroatoms. The number of amides is 1. The number of ether oxygens (including phenoxy) is 2. The Morgan fingerprint density at radius 1 is 0.921 bits per heavy atom. The molecule has 0 radical (unpaired) electrons. The lowest BCUT2D eigenvalue weighted by molar-refractivity contribution is -0.116. The number of para-hydroxylation sites is 1. The molecule has 8 nitrogen and oxygen atoms in total. The summed E-state index contributed by atoms with van der Waals surface area (Å²) in [6.45, 7) is 8.55. The topological polar surface area (TPSA) is 108 Å². The van der Waals surface area contributed by atoms with Gasteiger partial charge in [-0.05, 0) is 47.9 Å². The molecule has 1 N–H and O–H groups in total. The maximum atomic E-state index is 12.7. The second-order valence-electron chi connectivity index (χ2n) is 9.63. The Kier molecular flexibility index (Phi) is 10.4. The van der Waals surface area contributed by atoms with E-state index in [1.807, 2.05) is 0 Å². The van der Waals surface area contributed by atoms with Crippen molar-refractivity contribution in [1.82, 2.24) is 4.98 Å². The Labute approximate surface area is 227 Å². The Hall–Kier alpha value is -3.33. The average molecular weight is 541 g/mol. The second kappa shape index (κ2) is 13.5. The lowest BCUT2D eigenvalue weighted by atomic mass is 9.92. The van der Waals surface area contributed by atoms with Crippen LogP contribution < -0.4 is 5.32 Å². The van der Waals surface area contributed by atoms with Crippen molar-refractivity contribution in [2.45, 2.75) is 70.4 Å². The maximum Gasteiger partial charge on any atom is 0.342 e. The fourth-order valence-electron chi connectivity index (χ4n) is 4.24. The minimum Gasteiger partial charge on any atom is -0.465 e. The van der Waals surface area contributed by atoms with Gasteiger partial charge in [-0.1, -0.05) is 64.1 Å². The highest BCUT2D eigenvalue weighted by molar-refractivity contribution is 7.99. The van der Waals surface area contributed by atoms with E-state index in [9.17, 15) is 14.4 Å². The summed E-state index contributed by atoms with van der Waals surface area (Å²) in [7, 11) is 2.48. The van der Waals surface area contributed by atoms with Crippen molar-refractivity contribution in [3.05, 3.63) is 52.6 Å². The van der Waals surface area contributed by atoms with Gasteiger partial charge in [0.2, 0.25) is 5.91 Å². The van der Waals surface area contributed by atoms with Crippen molar-refractivity contribution >= 4 is 46.4 Å². The largest absolute Gasteiger partial charge is 0.465 e. The van der Waals surface area contributed by atoms with E-state index in [1.54, 1.807) is 6.07 Å². The number of oxazole rings is 1. The van der Waals surface area contributed by atoms with Crippen molar-refractivity contribution < 1.29 is 28.3 Å². The quantitative estimate of drug-likeness (QED) is 0.150. The number of carbonyl (C=O) groups excluding carboxylic acids is 3. The van der Waals surface area contributed by atoms with Crippen LogP contribution in [0.3, 0.4) is 0 Å². The minimum absolute atomic E-state index is 0.00174. The molecule has 38 heavy (non-hydrogen) atoms. The van der Waals surface area contributed by atoms with Crippen molar-refractivity contribution in [2.75, 3.05) is 25.3 Å². The van der Waals surface area contributed by atoms with Gasteiger partial charge in [0.15, 0.2) is 5.58 Å². The molecule has 3 rings (SSSR count). The van der Waals surface area contributed by atoms with Crippen LogP contribution in [-0.2, 0) is 14.3 Å². The van der Waals surface area contributed by atoms with Crippen LogP contribution in [0, 0.1) is 0 Å². The van der Waals surface area contributed by atoms with Gasteiger partial charge in [-0.3, -0.25) is 4.79 Å². The Bertz CT molecular complexity index is 1270. The smallest absolute Gasteiger partial charge is 0.342 e. The molecular weight excluding hydrogens is 504 g/mol. The zero-order valence-electron chi connectivity index (χ0n) is 22.9. The van der Waals surface area contributed by atoms with Crippen LogP contribution in [-0.4, -0.2) is 42.8 Å². The molecule has 0 unspecified atom stereocenters. The maximum absolute atomic E-state index is 12.7. The van der Waals surface area contributed by atoms with Crippen LogP contribution in [0.5, 0.6) is 0 Å². The molecule has 204 valence electrons. The fraction of sp³-hybridized carbons (Fsp3) is 0.448. The molecule has 0 spiro atoms. The van der Waals surface area contributed by atoms with Crippen LogP contribution in [0.15, 0.2) is 40.0 Å². The van der Waals surface area contributed by atoms with Crippen molar-refractivity contribution in [2.24, 2.45) is 0 Å². The first-order valence-electron chi connectivity index (χ1n) is 12.8. The highest BCUT2D eigenvalue weighted by Gasteiger charge is 2.25. The third-order valence-electron chi connectivity index (χ3n) is 6.24. The SMILES string of the molecule is COC(=O)c1ccc2nc(SCCCCCC(=O)Nc3c(C(C)C)cccc3C(C)C)oc2c1C(=O)OC. The number of hydrogen-bond donors (Lipinski definition) is 1. The number of benzene rings is 2. The number of unbranched alkanes of at least 4 members (excludes halogenated alkanes) is 2. The summed E-state index contributed by atoms with van der Waals surface area (Å²) in [6, 6.07) is 9.32. The Morgan fingerprint density at radius 3 is 2.18 bits per heavy atom. The summed E-state index contributed by atoms with van der Waals surface area (Å²) in [5.41, 5.74) is 4.00. The van der Waals surface area contributed by atoms with Crippen LogP contribution in [0.25, 0.3) is 11.1 Å². The van der Waals surface area contributed by atoms with E-state index < -0.39 is 11.9 Å². The fourth-order valence-corrected chi connectivity index (χ4v) is 5.07. The lowest BCUT2D eigenvalue weighted by Crippen LogP contribution is -2.15. The average Bonchev–Trinajstić information content (AvgIpc) is 3.31. The number of hydrogen-bond acceptors (Lipinski definition) is 8. The molecule has 1 aromatic heterocycles. The van der Waals surface area contributed by atoms with E-state index in [0.29, 0.717) is 29.0 Å². The number of nitrogens with zero attached hydrogens (tertiary/aromatic N) is 1. The van der Waals surface area contributed by atoms with E-state index in [1.165, 1.54) is 32.0 Å². The normalized spacial score (nSPS) is 11.3. The molecule has 1 heterocycles. The van der Waals surface area contributed by atoms with Crippen molar-refractivity contribution in [1.29, 1.82) is 0 Å². The van der Waals surface area contributed by atoms with Crippen molar-refractivity contribution in [3.8, 4) is 0 Å². The summed E-state index contributed by atoms with van der Waals surface area (Å²) >= 11 is 1.42. The van der Waals surface area contributed by atoms with Gasteiger partial charge in [0.05, 0.1) is 19.8 Å². The number of aromatic nitrogens is 1. The van der Waals surface area contributed by atoms with Gasteiger partial charge in [0.25, 0.3) is 5.22 Å². The number of thioether (sulfide) groups is 1. The molecule has 0 aliphatic heterocycles. The molecule has 0 atom stereocenters. The number of methoxy groups -OCH3 is 2. The summed E-state index contributed by atoms with van der Waals surface area (Å²) < 4.78 is 15.4. The van der Waals surface area contributed by atoms with Gasteiger partial charge in [-0.2, -0.15) is 0 Å². The molecule has 0 saturated carbocycles. The third-order valence-corrected chi connectivity index (χ3v) is 7.16. The molecule has 0 bridgehead atoms. The number of anilines is 1. The Morgan fingerprint density at radius 2 is 1.58 bits per heavy atom. The zero-order valence-corrected chi connectivity index (χ0v) is 23.7. The van der Waals surface area contributed by atoms with Gasteiger partial charge in [0.1, 0.15) is 11.1 Å². The zero-order chi connectivity index (χ0) is 27.8. The van der Waals surface area contributed by atoms with E-state index in [-0.39, 0.29) is 22.6 Å². The number of esters is 2. The standard InChI is InChI=1S/C29H36N2O6S/c1-17(2)19-11-10-12-20(18(3)4)25(19)31-23(32)13-8-7-9-16-38-29-30-22-15-14-21(27(33)35-5)24(26(22)37-29)28(34)36-6/h10-12,14-15,17-18H,7-9,13,16H2,1-6H3,(H,31,32). The van der Waals surface area contributed by atoms with Crippen molar-refractivity contribution in [3.63, 3.8) is 0 Å². The first-order chi connectivity index (χ1) is 18.2. The second-order valence-corrected chi connectivity index (χ2v) is 10.7. The van der Waals surface area contributed by atoms with Gasteiger partial charge in [-0.15, -0.1) is 0 Å². The Balaban J connectivity index is 1.54. The van der Waals surface area contributed by atoms with Gasteiger partial charge in [0, 0.05) is 17.9 Å². The number of fused-ring (bicyclic) bond motifs is 1. The predicted molar refractivity (Wildman–Crippen MR) is 149 cm³/mol. The molecular formula is C29H36N2O6S. The minimum atomic E-state index is -0.696. The first kappa shape index (κ1) is 29.2. The summed E-state index contributed by atoms with van der Waals surface area (Å²) in [5, 5.41) is 3.57. The third kappa shape index (κ3) is 6.95. The van der Waals surface area contributed by atoms with Crippen LogP contribution >= 0.6 is 11.8 Å². The monoisotopic (exact) mass is 540 g/mol. The number of carbonyl (C=O) groups is 3. The van der Waals surface area contributed by atoms with E-state index in [4.69, 9.17) is 13.9 Å². The predicted octanol–water partition coefficient (Wildman–Crippen LogP) is 6.94. The number of rotatable bonds is 12. The van der Waals surface area contributed by atoms with Gasteiger partial charge < -0.3 is 19.2 Å². The first-order valence-corrected chi connectivity index (χ1v) is 13.8. The molecule has 1 amide bonds. The van der Waals surface area contributed by atoms with E-state index in [2.05, 4.69) is 56.2 Å². The molecule has 2 aromatic carbocycles. The van der Waals surface area contributed by atoms with Crippen LogP contribution in [0.2, 0.25) is 0 Å². The summed E-state index contributed by atoms with van der Waals surface area (Å²) in [4.78, 5) is 41.6. The van der Waals surface area contributed by atoms with E-state index >= 15 is 0 Å².